The number of nitrogens with one attached hydrogen (secondary N) is 1. The zero-order valence-corrected chi connectivity index (χ0v) is 19.8. The van der Waals surface area contributed by atoms with E-state index >= 15 is 0 Å². The van der Waals surface area contributed by atoms with Crippen LogP contribution in [0.4, 0.5) is 4.79 Å². The van der Waals surface area contributed by atoms with E-state index in [1.807, 2.05) is 64.1 Å². The Kier molecular flexibility index (Phi) is 8.14. The van der Waals surface area contributed by atoms with Crippen LogP contribution in [-0.4, -0.2) is 47.2 Å². The number of likely N-dealkylation sites (tertiary alicyclic amines) is 1. The first-order valence-electron chi connectivity index (χ1n) is 11.3. The molecule has 1 aliphatic rings. The van der Waals surface area contributed by atoms with E-state index in [0.717, 1.165) is 11.3 Å². The van der Waals surface area contributed by atoms with Crippen molar-refractivity contribution in [3.8, 4) is 17.4 Å². The highest BCUT2D eigenvalue weighted by atomic mass is 16.6. The molecule has 2 heterocycles. The van der Waals surface area contributed by atoms with Gasteiger partial charge in [-0.05, 0) is 76.4 Å². The minimum atomic E-state index is -0.522. The summed E-state index contributed by atoms with van der Waals surface area (Å²) in [6, 6.07) is 11.0. The maximum Gasteiger partial charge on any atom is 0.410 e. The van der Waals surface area contributed by atoms with Crippen LogP contribution in [0.3, 0.4) is 0 Å². The third-order valence-electron chi connectivity index (χ3n) is 5.14. The van der Waals surface area contributed by atoms with Crippen LogP contribution in [0.1, 0.15) is 46.1 Å². The molecule has 8 nitrogen and oxygen atoms in total. The minimum Gasteiger partial charge on any atom is -0.494 e. The summed E-state index contributed by atoms with van der Waals surface area (Å²) in [6.07, 6.45) is 2.57. The molecular formula is C25H33N3O5. The van der Waals surface area contributed by atoms with Gasteiger partial charge in [0.2, 0.25) is 11.8 Å². The molecule has 0 unspecified atom stereocenters. The van der Waals surface area contributed by atoms with E-state index in [0.29, 0.717) is 50.7 Å². The molecule has 0 saturated carbocycles. The summed E-state index contributed by atoms with van der Waals surface area (Å²) in [4.78, 5) is 30.7. The van der Waals surface area contributed by atoms with Gasteiger partial charge >= 0.3 is 6.09 Å². The Morgan fingerprint density at radius 1 is 1.09 bits per heavy atom. The highest BCUT2D eigenvalue weighted by molar-refractivity contribution is 5.79. The first-order chi connectivity index (χ1) is 15.7. The van der Waals surface area contributed by atoms with Gasteiger partial charge in [-0.15, -0.1) is 0 Å². The number of pyridine rings is 1. The second kappa shape index (κ2) is 11.0. The van der Waals surface area contributed by atoms with Crippen molar-refractivity contribution in [1.29, 1.82) is 0 Å². The van der Waals surface area contributed by atoms with Crippen LogP contribution in [0.15, 0.2) is 42.6 Å². The van der Waals surface area contributed by atoms with Gasteiger partial charge in [0.15, 0.2) is 0 Å². The van der Waals surface area contributed by atoms with Crippen molar-refractivity contribution in [2.24, 2.45) is 5.92 Å². The van der Waals surface area contributed by atoms with Crippen LogP contribution in [0.25, 0.3) is 0 Å². The van der Waals surface area contributed by atoms with Crippen LogP contribution in [0.2, 0.25) is 0 Å². The third-order valence-corrected chi connectivity index (χ3v) is 5.14. The summed E-state index contributed by atoms with van der Waals surface area (Å²) >= 11 is 0. The second-order valence-corrected chi connectivity index (χ2v) is 8.97. The van der Waals surface area contributed by atoms with E-state index in [-0.39, 0.29) is 17.9 Å². The molecule has 0 spiro atoms. The topological polar surface area (TPSA) is 90.0 Å². The van der Waals surface area contributed by atoms with Crippen molar-refractivity contribution in [2.45, 2.75) is 52.7 Å². The lowest BCUT2D eigenvalue weighted by Crippen LogP contribution is -2.44. The molecule has 33 heavy (non-hydrogen) atoms. The lowest BCUT2D eigenvalue weighted by Gasteiger charge is -2.32. The lowest BCUT2D eigenvalue weighted by atomic mass is 9.96. The Labute approximate surface area is 195 Å². The summed E-state index contributed by atoms with van der Waals surface area (Å²) in [6.45, 7) is 9.50. The largest absolute Gasteiger partial charge is 0.494 e. The number of benzene rings is 1. The van der Waals surface area contributed by atoms with Gasteiger partial charge in [0.25, 0.3) is 0 Å². The molecule has 0 atom stereocenters. The number of carbonyl (C=O) groups excluding carboxylic acids is 2. The van der Waals surface area contributed by atoms with Gasteiger partial charge in [0.05, 0.1) is 6.61 Å². The highest BCUT2D eigenvalue weighted by Crippen LogP contribution is 2.23. The van der Waals surface area contributed by atoms with E-state index < -0.39 is 5.60 Å². The molecule has 2 amide bonds. The molecule has 1 aromatic heterocycles. The van der Waals surface area contributed by atoms with Crippen molar-refractivity contribution in [3.63, 3.8) is 0 Å². The summed E-state index contributed by atoms with van der Waals surface area (Å²) in [7, 11) is 0. The molecule has 1 saturated heterocycles. The van der Waals surface area contributed by atoms with E-state index in [2.05, 4.69) is 10.3 Å². The third kappa shape index (κ3) is 7.66. The Morgan fingerprint density at radius 2 is 1.76 bits per heavy atom. The smallest absolute Gasteiger partial charge is 0.410 e. The van der Waals surface area contributed by atoms with Crippen molar-refractivity contribution in [3.05, 3.63) is 48.2 Å². The zero-order valence-electron chi connectivity index (χ0n) is 19.8. The number of rotatable bonds is 7. The zero-order chi connectivity index (χ0) is 23.8. The van der Waals surface area contributed by atoms with Gasteiger partial charge in [-0.25, -0.2) is 9.78 Å². The fourth-order valence-electron chi connectivity index (χ4n) is 3.49. The van der Waals surface area contributed by atoms with Crippen LogP contribution in [0.5, 0.6) is 17.4 Å². The van der Waals surface area contributed by atoms with Gasteiger partial charge in [0.1, 0.15) is 17.1 Å². The predicted molar refractivity (Wildman–Crippen MR) is 124 cm³/mol. The molecule has 0 bridgehead atoms. The van der Waals surface area contributed by atoms with Crippen LogP contribution >= 0.6 is 0 Å². The molecule has 0 aliphatic carbocycles. The summed E-state index contributed by atoms with van der Waals surface area (Å²) in [5.74, 6) is 1.77. The molecular weight excluding hydrogens is 422 g/mol. The molecule has 1 fully saturated rings. The maximum absolute atomic E-state index is 12.6. The minimum absolute atomic E-state index is 0.00960. The van der Waals surface area contributed by atoms with Gasteiger partial charge in [-0.3, -0.25) is 4.79 Å². The standard InChI is InChI=1S/C25H33N3O5/c1-5-31-20-6-8-21(9-7-20)32-22-16-18(10-13-26-22)17-27-23(29)19-11-14-28(15-12-19)24(30)33-25(2,3)4/h6-10,13,16,19H,5,11-12,14-15,17H2,1-4H3,(H,27,29). The van der Waals surface area contributed by atoms with Crippen LogP contribution in [-0.2, 0) is 16.1 Å². The SMILES string of the molecule is CCOc1ccc(Oc2cc(CNC(=O)C3CCN(C(=O)OC(C)(C)C)CC3)ccn2)cc1. The number of hydrogen-bond acceptors (Lipinski definition) is 6. The normalized spacial score (nSPS) is 14.5. The average molecular weight is 456 g/mol. The van der Waals surface area contributed by atoms with Crippen LogP contribution < -0.4 is 14.8 Å². The Hall–Kier alpha value is -3.29. The number of hydrogen-bond donors (Lipinski definition) is 1. The number of piperidine rings is 1. The monoisotopic (exact) mass is 455 g/mol. The molecule has 178 valence electrons. The quantitative estimate of drug-likeness (QED) is 0.659. The van der Waals surface area contributed by atoms with E-state index in [4.69, 9.17) is 14.2 Å². The number of nitrogens with zero attached hydrogens (tertiary/aromatic N) is 2. The van der Waals surface area contributed by atoms with Gasteiger partial charge in [-0.1, -0.05) is 0 Å². The fourth-order valence-corrected chi connectivity index (χ4v) is 3.49. The molecule has 1 aromatic carbocycles. The van der Waals surface area contributed by atoms with Gasteiger partial charge in [-0.2, -0.15) is 0 Å². The Balaban J connectivity index is 1.46. The number of aromatic nitrogens is 1. The summed E-state index contributed by atoms with van der Waals surface area (Å²) in [5, 5.41) is 2.99. The first-order valence-corrected chi connectivity index (χ1v) is 11.3. The first kappa shape index (κ1) is 24.4. The van der Waals surface area contributed by atoms with E-state index in [9.17, 15) is 9.59 Å². The molecule has 0 radical (unpaired) electrons. The Morgan fingerprint density at radius 3 is 2.39 bits per heavy atom. The van der Waals surface area contributed by atoms with Crippen molar-refractivity contribution in [1.82, 2.24) is 15.2 Å². The average Bonchev–Trinajstić information content (AvgIpc) is 2.78. The molecule has 3 rings (SSSR count). The number of amides is 2. The van der Waals surface area contributed by atoms with E-state index in [1.165, 1.54) is 0 Å². The number of ether oxygens (including phenoxy) is 3. The molecule has 1 N–H and O–H groups in total. The molecule has 8 heteroatoms. The second-order valence-electron chi connectivity index (χ2n) is 8.97. The summed E-state index contributed by atoms with van der Waals surface area (Å²) in [5.41, 5.74) is 0.371. The Bertz CT molecular complexity index is 932. The fraction of sp³-hybridized carbons (Fsp3) is 0.480. The highest BCUT2D eigenvalue weighted by Gasteiger charge is 2.29. The number of carbonyl (C=O) groups is 2. The van der Waals surface area contributed by atoms with Crippen LogP contribution in [0, 0.1) is 5.92 Å². The molecule has 2 aromatic rings. The molecule has 1 aliphatic heterocycles. The van der Waals surface area contributed by atoms with Gasteiger partial charge in [0, 0.05) is 37.8 Å². The van der Waals surface area contributed by atoms with Crippen molar-refractivity contribution in [2.75, 3.05) is 19.7 Å². The maximum atomic E-state index is 12.6. The van der Waals surface area contributed by atoms with Crippen molar-refractivity contribution < 1.29 is 23.8 Å². The summed E-state index contributed by atoms with van der Waals surface area (Å²) < 4.78 is 16.7. The van der Waals surface area contributed by atoms with Gasteiger partial charge < -0.3 is 24.4 Å². The lowest BCUT2D eigenvalue weighted by molar-refractivity contribution is -0.126. The predicted octanol–water partition coefficient (Wildman–Crippen LogP) is 4.54. The van der Waals surface area contributed by atoms with Crippen molar-refractivity contribution >= 4 is 12.0 Å². The van der Waals surface area contributed by atoms with E-state index in [1.54, 1.807) is 11.1 Å².